The van der Waals surface area contributed by atoms with Crippen molar-refractivity contribution in [1.82, 2.24) is 0 Å². The minimum absolute atomic E-state index is 0.0770. The Balaban J connectivity index is 1.90. The summed E-state index contributed by atoms with van der Waals surface area (Å²) in [5.74, 6) is 0.692. The smallest absolute Gasteiger partial charge is 0.262 e. The third-order valence-electron chi connectivity index (χ3n) is 4.77. The summed E-state index contributed by atoms with van der Waals surface area (Å²) >= 11 is 3.92. The molecule has 1 unspecified atom stereocenters. The molecular formula is C16H20BrNO2. The van der Waals surface area contributed by atoms with Gasteiger partial charge in [-0.1, -0.05) is 41.8 Å². The van der Waals surface area contributed by atoms with E-state index in [4.69, 9.17) is 4.74 Å². The SMILES string of the molecule is CCC1(C(Br)c2ccc3c(c2)NC(=O)CO3)CCCC1. The highest BCUT2D eigenvalue weighted by atomic mass is 79.9. The Morgan fingerprint density at radius 3 is 2.85 bits per heavy atom. The van der Waals surface area contributed by atoms with Crippen molar-refractivity contribution in [2.75, 3.05) is 11.9 Å². The molecule has 20 heavy (non-hydrogen) atoms. The zero-order valence-electron chi connectivity index (χ0n) is 11.7. The molecular weight excluding hydrogens is 318 g/mol. The molecule has 2 aliphatic rings. The van der Waals surface area contributed by atoms with E-state index in [0.717, 1.165) is 11.4 Å². The molecule has 0 bridgehead atoms. The number of hydrogen-bond acceptors (Lipinski definition) is 2. The number of nitrogens with one attached hydrogen (secondary N) is 1. The lowest BCUT2D eigenvalue weighted by Crippen LogP contribution is -2.26. The molecule has 3 rings (SSSR count). The van der Waals surface area contributed by atoms with Crippen molar-refractivity contribution in [3.8, 4) is 5.75 Å². The molecule has 1 saturated carbocycles. The predicted molar refractivity (Wildman–Crippen MR) is 83.4 cm³/mol. The zero-order chi connectivity index (χ0) is 14.2. The van der Waals surface area contributed by atoms with Crippen LogP contribution in [0.1, 0.15) is 49.4 Å². The van der Waals surface area contributed by atoms with Crippen LogP contribution in [0.15, 0.2) is 18.2 Å². The molecule has 0 saturated heterocycles. The van der Waals surface area contributed by atoms with Crippen LogP contribution in [0.4, 0.5) is 5.69 Å². The van der Waals surface area contributed by atoms with Crippen LogP contribution in [-0.2, 0) is 4.79 Å². The van der Waals surface area contributed by atoms with Gasteiger partial charge in [0, 0.05) is 4.83 Å². The van der Waals surface area contributed by atoms with Crippen LogP contribution in [0.5, 0.6) is 5.75 Å². The van der Waals surface area contributed by atoms with Gasteiger partial charge in [-0.2, -0.15) is 0 Å². The largest absolute Gasteiger partial charge is 0.482 e. The molecule has 1 aromatic rings. The normalized spacial score (nSPS) is 21.8. The Labute approximate surface area is 128 Å². The Morgan fingerprint density at radius 2 is 2.15 bits per heavy atom. The van der Waals surface area contributed by atoms with Crippen molar-refractivity contribution in [2.45, 2.75) is 43.9 Å². The maximum atomic E-state index is 11.4. The van der Waals surface area contributed by atoms with Crippen LogP contribution < -0.4 is 10.1 Å². The zero-order valence-corrected chi connectivity index (χ0v) is 13.3. The molecule has 108 valence electrons. The van der Waals surface area contributed by atoms with Gasteiger partial charge < -0.3 is 10.1 Å². The van der Waals surface area contributed by atoms with Crippen LogP contribution in [0.3, 0.4) is 0 Å². The number of rotatable bonds is 3. The molecule has 4 heteroatoms. The molecule has 1 aliphatic carbocycles. The van der Waals surface area contributed by atoms with Crippen molar-refractivity contribution in [1.29, 1.82) is 0 Å². The van der Waals surface area contributed by atoms with E-state index in [2.05, 4.69) is 40.3 Å². The molecule has 1 amide bonds. The van der Waals surface area contributed by atoms with E-state index in [1.54, 1.807) is 0 Å². The average Bonchev–Trinajstić information content (AvgIpc) is 2.95. The molecule has 0 aromatic heterocycles. The molecule has 1 N–H and O–H groups in total. The molecule has 1 aliphatic heterocycles. The molecule has 0 radical (unpaired) electrons. The molecule has 3 nitrogen and oxygen atoms in total. The van der Waals surface area contributed by atoms with Crippen LogP contribution >= 0.6 is 15.9 Å². The number of carbonyl (C=O) groups excluding carboxylic acids is 1. The first-order valence-corrected chi connectivity index (χ1v) is 8.27. The fourth-order valence-corrected chi connectivity index (χ4v) is 4.54. The van der Waals surface area contributed by atoms with Gasteiger partial charge in [-0.25, -0.2) is 0 Å². The van der Waals surface area contributed by atoms with E-state index in [0.29, 0.717) is 10.2 Å². The summed E-state index contributed by atoms with van der Waals surface area (Å²) in [4.78, 5) is 11.8. The monoisotopic (exact) mass is 337 g/mol. The lowest BCUT2D eigenvalue weighted by Gasteiger charge is -2.34. The molecule has 1 heterocycles. The van der Waals surface area contributed by atoms with Gasteiger partial charge in [-0.05, 0) is 42.4 Å². The van der Waals surface area contributed by atoms with E-state index in [9.17, 15) is 4.79 Å². The number of benzene rings is 1. The number of fused-ring (bicyclic) bond motifs is 1. The maximum Gasteiger partial charge on any atom is 0.262 e. The summed E-state index contributed by atoms with van der Waals surface area (Å²) in [7, 11) is 0. The second-order valence-electron chi connectivity index (χ2n) is 5.88. The van der Waals surface area contributed by atoms with E-state index in [1.807, 2.05) is 6.07 Å². The fraction of sp³-hybridized carbons (Fsp3) is 0.562. The van der Waals surface area contributed by atoms with Gasteiger partial charge in [0.1, 0.15) is 5.75 Å². The molecule has 0 spiro atoms. The summed E-state index contributed by atoms with van der Waals surface area (Å²) in [6, 6.07) is 6.14. The Bertz CT molecular complexity index is 523. The highest BCUT2D eigenvalue weighted by Gasteiger charge is 2.39. The van der Waals surface area contributed by atoms with Crippen LogP contribution in [0, 0.1) is 5.41 Å². The first-order chi connectivity index (χ1) is 9.64. The lowest BCUT2D eigenvalue weighted by atomic mass is 9.77. The van der Waals surface area contributed by atoms with Gasteiger partial charge in [0.2, 0.25) is 0 Å². The van der Waals surface area contributed by atoms with Gasteiger partial charge in [-0.15, -0.1) is 0 Å². The number of amides is 1. The molecule has 1 fully saturated rings. The number of anilines is 1. The topological polar surface area (TPSA) is 38.3 Å². The van der Waals surface area contributed by atoms with Crippen LogP contribution in [-0.4, -0.2) is 12.5 Å². The molecule has 1 atom stereocenters. The number of hydrogen-bond donors (Lipinski definition) is 1. The summed E-state index contributed by atoms with van der Waals surface area (Å²) in [5.41, 5.74) is 2.39. The highest BCUT2D eigenvalue weighted by Crippen LogP contribution is 2.54. The molecule has 1 aromatic carbocycles. The number of carbonyl (C=O) groups is 1. The van der Waals surface area contributed by atoms with Gasteiger partial charge in [0.25, 0.3) is 5.91 Å². The Kier molecular flexibility index (Phi) is 3.76. The highest BCUT2D eigenvalue weighted by molar-refractivity contribution is 9.09. The second-order valence-corrected chi connectivity index (χ2v) is 6.79. The van der Waals surface area contributed by atoms with E-state index < -0.39 is 0 Å². The second kappa shape index (κ2) is 5.40. The first-order valence-electron chi connectivity index (χ1n) is 7.35. The number of ether oxygens (including phenoxy) is 1. The summed E-state index contributed by atoms with van der Waals surface area (Å²) < 4.78 is 5.42. The number of alkyl halides is 1. The predicted octanol–water partition coefficient (Wildman–Crippen LogP) is 4.42. The van der Waals surface area contributed by atoms with Crippen molar-refractivity contribution < 1.29 is 9.53 Å². The van der Waals surface area contributed by atoms with Gasteiger partial charge in [-0.3, -0.25) is 4.79 Å². The fourth-order valence-electron chi connectivity index (χ4n) is 3.48. The third kappa shape index (κ3) is 2.34. The van der Waals surface area contributed by atoms with Crippen molar-refractivity contribution >= 4 is 27.5 Å². The van der Waals surface area contributed by atoms with Crippen LogP contribution in [0.25, 0.3) is 0 Å². The summed E-state index contributed by atoms with van der Waals surface area (Å²) in [6.07, 6.45) is 6.38. The van der Waals surface area contributed by atoms with Gasteiger partial charge >= 0.3 is 0 Å². The average molecular weight is 338 g/mol. The van der Waals surface area contributed by atoms with Crippen LogP contribution in [0.2, 0.25) is 0 Å². The summed E-state index contributed by atoms with van der Waals surface area (Å²) in [5, 5.41) is 2.89. The Morgan fingerprint density at radius 1 is 1.40 bits per heavy atom. The number of halogens is 1. The quantitative estimate of drug-likeness (QED) is 0.829. The van der Waals surface area contributed by atoms with E-state index in [1.165, 1.54) is 37.7 Å². The van der Waals surface area contributed by atoms with E-state index in [-0.39, 0.29) is 12.5 Å². The standard InChI is InChI=1S/C16H20BrNO2/c1-2-16(7-3-4-8-16)15(17)11-5-6-13-12(9-11)18-14(19)10-20-13/h5-6,9,15H,2-4,7-8,10H2,1H3,(H,18,19). The lowest BCUT2D eigenvalue weighted by molar-refractivity contribution is -0.118. The summed E-state index contributed by atoms with van der Waals surface area (Å²) in [6.45, 7) is 2.39. The third-order valence-corrected chi connectivity index (χ3v) is 6.27. The minimum Gasteiger partial charge on any atom is -0.482 e. The van der Waals surface area contributed by atoms with E-state index >= 15 is 0 Å². The van der Waals surface area contributed by atoms with Crippen molar-refractivity contribution in [3.05, 3.63) is 23.8 Å². The minimum atomic E-state index is -0.0770. The first kappa shape index (κ1) is 13.9. The van der Waals surface area contributed by atoms with Crippen molar-refractivity contribution in [3.63, 3.8) is 0 Å². The van der Waals surface area contributed by atoms with Crippen molar-refractivity contribution in [2.24, 2.45) is 5.41 Å². The Hall–Kier alpha value is -1.03. The maximum absolute atomic E-state index is 11.4. The van der Waals surface area contributed by atoms with Gasteiger partial charge in [0.15, 0.2) is 6.61 Å². The van der Waals surface area contributed by atoms with Gasteiger partial charge in [0.05, 0.1) is 5.69 Å².